The van der Waals surface area contributed by atoms with E-state index < -0.39 is 108 Å². The number of alkyl halides is 12. The van der Waals surface area contributed by atoms with E-state index in [2.05, 4.69) is 94.6 Å². The summed E-state index contributed by atoms with van der Waals surface area (Å²) >= 11 is 5.82. The first-order valence-corrected chi connectivity index (χ1v) is 53.2. The number of carbonyl (C=O) groups is 1. The number of anilines is 8. The van der Waals surface area contributed by atoms with Crippen molar-refractivity contribution >= 4 is 150 Å². The van der Waals surface area contributed by atoms with Crippen LogP contribution in [0, 0.1) is 51.4 Å². The lowest BCUT2D eigenvalue weighted by atomic mass is 10.1. The molecule has 12 heterocycles. The number of aliphatic hydroxyl groups excluding tert-OH is 1. The van der Waals surface area contributed by atoms with Crippen molar-refractivity contribution in [3.05, 3.63) is 120 Å². The van der Waals surface area contributed by atoms with Gasteiger partial charge in [0.2, 0.25) is 33.8 Å². The minimum atomic E-state index is -4.45. The molecule has 2 unspecified atom stereocenters. The van der Waals surface area contributed by atoms with Crippen LogP contribution in [0.3, 0.4) is 0 Å². The molecule has 8 aliphatic rings. The number of nitrogens with one attached hydrogen (secondary N) is 9. The number of halogens is 12. The molecular formula is C97H114F12N22O12S5. The van der Waals surface area contributed by atoms with E-state index in [1.807, 2.05) is 125 Å². The number of thiazole rings is 4. The van der Waals surface area contributed by atoms with Gasteiger partial charge in [-0.15, -0.1) is 45.3 Å². The Morgan fingerprint density at radius 2 is 0.649 bits per heavy atom. The quantitative estimate of drug-likeness (QED) is 0.0154. The molecule has 4 aromatic carbocycles. The zero-order valence-corrected chi connectivity index (χ0v) is 87.2. The Morgan fingerprint density at radius 1 is 0.385 bits per heavy atom. The second-order valence-electron chi connectivity index (χ2n) is 39.2. The van der Waals surface area contributed by atoms with Gasteiger partial charge in [-0.3, -0.25) is 0 Å². The van der Waals surface area contributed by atoms with Gasteiger partial charge in [-0.1, -0.05) is 62.4 Å². The molecule has 16 atom stereocenters. The number of aliphatic hydroxyl groups is 1. The lowest BCUT2D eigenvalue weighted by Crippen LogP contribution is -2.38. The van der Waals surface area contributed by atoms with Crippen molar-refractivity contribution in [2.75, 3.05) is 108 Å². The first-order chi connectivity index (χ1) is 69.7. The largest absolute Gasteiger partial charge is 0.405 e. The fourth-order valence-electron chi connectivity index (χ4n) is 20.0. The van der Waals surface area contributed by atoms with E-state index >= 15 is 0 Å². The number of rotatable bonds is 29. The Kier molecular flexibility index (Phi) is 31.6. The average Bonchev–Trinajstić information content (AvgIpc) is 1.61. The molecule has 51 heteroatoms. The fourth-order valence-corrected chi connectivity index (χ4v) is 25.2. The van der Waals surface area contributed by atoms with Crippen LogP contribution in [0.1, 0.15) is 118 Å². The SMILES string of the molecule is CCN(C[C@H]1C[C@@H](Nc2nc(NCC(F)(F)F)nc(C)c2-c2nc3ccccc3s2)[C@@H]2OC(C)(C)O[C@H]12)S(C)(=O)=O.CCNCC1C[C@@H](Nc2nc(NCC(F)(F)F)nc(C)c2-c2nc3ccccc3s2)[C@@H]2OC(C)(C)O[C@H]12.Cc1nc(NCC(F)(F)F)nc(N[C@@H]2CC(C=O)[C@H]3OC(C)(C)O[C@H]32)c1-c1nc2ccccc2s1.Cc1nc(NCC(F)(F)F)nc(N[C@@H]2C[C@H](CO)[C@H]3OC(C)(C)O[C@H]32)c1-c1nc2ccccc2s1. The van der Waals surface area contributed by atoms with Crippen molar-refractivity contribution in [3.8, 4) is 42.3 Å². The number of fused-ring (bicyclic) bond motifs is 8. The number of aldehydes is 1. The molecule has 8 aromatic heterocycles. The number of sulfonamides is 1. The maximum absolute atomic E-state index is 13.0. The fraction of sp³-hybridized carbons (Fsp3) is 0.536. The molecule has 0 bridgehead atoms. The van der Waals surface area contributed by atoms with Crippen LogP contribution in [0.4, 0.5) is 99.7 Å². The molecule has 148 heavy (non-hydrogen) atoms. The van der Waals surface area contributed by atoms with Gasteiger partial charge in [0.15, 0.2) is 23.1 Å². The Hall–Kier alpha value is -10.5. The second kappa shape index (κ2) is 43.0. The van der Waals surface area contributed by atoms with Crippen LogP contribution >= 0.6 is 45.3 Å². The smallest absolute Gasteiger partial charge is 0.396 e. The highest BCUT2D eigenvalue weighted by Crippen LogP contribution is 2.52. The van der Waals surface area contributed by atoms with Crippen molar-refractivity contribution in [2.45, 2.75) is 243 Å². The van der Waals surface area contributed by atoms with Gasteiger partial charge >= 0.3 is 24.7 Å². The summed E-state index contributed by atoms with van der Waals surface area (Å²) in [5.74, 6) is -2.91. The first kappa shape index (κ1) is 109. The molecule has 10 N–H and O–H groups in total. The summed E-state index contributed by atoms with van der Waals surface area (Å²) in [6.45, 7) is 22.4. The van der Waals surface area contributed by atoms with Crippen LogP contribution in [0.15, 0.2) is 97.1 Å². The molecule has 8 fully saturated rings. The topological polar surface area (TPSA) is 411 Å². The number of hydrogen-bond acceptors (Lipinski definition) is 37. The highest BCUT2D eigenvalue weighted by molar-refractivity contribution is 7.88. The van der Waals surface area contributed by atoms with Crippen molar-refractivity contribution in [1.29, 1.82) is 0 Å². The number of carbonyl (C=O) groups excluding carboxylic acids is 1. The Bertz CT molecular complexity index is 6770. The van der Waals surface area contributed by atoms with Crippen molar-refractivity contribution in [1.82, 2.24) is 69.4 Å². The molecule has 4 saturated heterocycles. The number of hydrogen-bond donors (Lipinski definition) is 10. The average molecular weight is 2170 g/mol. The van der Waals surface area contributed by atoms with Gasteiger partial charge in [0.1, 0.15) is 100 Å². The molecule has 0 spiro atoms. The summed E-state index contributed by atoms with van der Waals surface area (Å²) in [5, 5.41) is 38.7. The van der Waals surface area contributed by atoms with Gasteiger partial charge in [0.25, 0.3) is 0 Å². The van der Waals surface area contributed by atoms with Crippen LogP contribution in [0.5, 0.6) is 0 Å². The summed E-state index contributed by atoms with van der Waals surface area (Å²) in [5.41, 5.74) is 7.64. The van der Waals surface area contributed by atoms with E-state index in [4.69, 9.17) is 57.8 Å². The number of benzene rings is 4. The number of aryl methyl sites for hydroxylation is 4. The summed E-state index contributed by atoms with van der Waals surface area (Å²) in [7, 11) is -3.43. The summed E-state index contributed by atoms with van der Waals surface area (Å²) in [6, 6.07) is 29.5. The Labute approximate surface area is 859 Å². The summed E-state index contributed by atoms with van der Waals surface area (Å²) in [4.78, 5) is 65.7. The van der Waals surface area contributed by atoms with Crippen molar-refractivity contribution in [3.63, 3.8) is 0 Å². The van der Waals surface area contributed by atoms with Crippen LogP contribution in [0.25, 0.3) is 83.2 Å². The van der Waals surface area contributed by atoms with Gasteiger partial charge < -0.3 is 95.6 Å². The minimum Gasteiger partial charge on any atom is -0.396 e. The van der Waals surface area contributed by atoms with Crippen molar-refractivity contribution < 1.29 is 109 Å². The molecule has 798 valence electrons. The molecule has 0 radical (unpaired) electrons. The van der Waals surface area contributed by atoms with E-state index in [1.54, 1.807) is 62.3 Å². The standard InChI is InChI=1S/C26H33F3N6O4S2.C25H31F3N6O2S.C23H26F3N5O3S.C23H24F3N5O3S/c1-6-35(41(5,36)37)12-15-11-17(21-20(15)38-25(3,4)39-21)32-22-19(23-33-16-9-7-8-10-18(16)40-23)14(2)31-24(34-22)30-13-26(27,28)29;1-5-29-11-14-10-16(20-19(14)35-24(3,4)36-20)32-21-18(22-33-15-8-6-7-9-17(15)37-22)13(2)31-23(34-21)30-12-25(26,27)28;2*1-11-16(20-30-13-6-4-5-7-15(13)35-20)19(31-21(28-11)27-10-23(24,25)26)29-14-8-12(9-32)17-18(14)34-22(2,3)33-17/h7-10,15,17,20-21H,6,11-13H2,1-5H3,(H2,30,31,32,34);6-9,14,16,19-20,29H,5,10-12H2,1-4H3,(H2,30,31,32,34);4-7,12,14,17-18,32H,8-10H2,1-3H3,(H2,27,28,29,31);4-7,9,12,14,17-18H,8,10H2,1-3H3,(H2,27,28,29,31)/t15-,17-,20-,21+;14?,16-,19-,20+;12-,14-,17-,18+;12?,14-,17-,18+/m1111/s1. The van der Waals surface area contributed by atoms with E-state index in [9.17, 15) is 71.0 Å². The number of nitrogens with zero attached hydrogens (tertiary/aromatic N) is 13. The third kappa shape index (κ3) is 25.6. The van der Waals surface area contributed by atoms with Crippen molar-refractivity contribution in [2.24, 2.45) is 23.7 Å². The first-order valence-electron chi connectivity index (χ1n) is 48.1. The predicted octanol–water partition coefficient (Wildman–Crippen LogP) is 18.5. The normalized spacial score (nSPS) is 25.1. The third-order valence-electron chi connectivity index (χ3n) is 26.0. The van der Waals surface area contributed by atoms with Crippen LogP contribution in [-0.4, -0.2) is 270 Å². The van der Waals surface area contributed by atoms with Gasteiger partial charge in [0.05, 0.1) is 141 Å². The molecule has 20 rings (SSSR count). The van der Waals surface area contributed by atoms with Crippen LogP contribution in [0.2, 0.25) is 0 Å². The van der Waals surface area contributed by atoms with Crippen LogP contribution in [-0.2, 0) is 52.7 Å². The monoisotopic (exact) mass is 2170 g/mol. The molecular weight excluding hydrogens is 2050 g/mol. The minimum absolute atomic E-state index is 0.0648. The van der Waals surface area contributed by atoms with E-state index in [-0.39, 0.29) is 109 Å². The summed E-state index contributed by atoms with van der Waals surface area (Å²) in [6.07, 6.45) is -16.1. The maximum Gasteiger partial charge on any atom is 0.405 e. The maximum atomic E-state index is 13.0. The van der Waals surface area contributed by atoms with Crippen LogP contribution < -0.4 is 47.9 Å². The third-order valence-corrected chi connectivity index (χ3v) is 31.6. The van der Waals surface area contributed by atoms with Gasteiger partial charge in [-0.05, 0) is 164 Å². The zero-order chi connectivity index (χ0) is 106. The second-order valence-corrected chi connectivity index (χ2v) is 45.3. The van der Waals surface area contributed by atoms with E-state index in [0.29, 0.717) is 114 Å². The molecule has 12 aromatic rings. The lowest BCUT2D eigenvalue weighted by Gasteiger charge is -2.27. The van der Waals surface area contributed by atoms with E-state index in [0.717, 1.165) is 66.7 Å². The zero-order valence-electron chi connectivity index (χ0n) is 83.1. The Morgan fingerprint density at radius 3 is 0.926 bits per heavy atom. The highest BCUT2D eigenvalue weighted by Gasteiger charge is 2.59. The predicted molar refractivity (Wildman–Crippen MR) is 541 cm³/mol. The molecule has 4 aliphatic carbocycles. The highest BCUT2D eigenvalue weighted by atomic mass is 32.2. The number of para-hydroxylation sites is 4. The van der Waals surface area contributed by atoms with Gasteiger partial charge in [0, 0.05) is 49.9 Å². The molecule has 4 saturated carbocycles. The molecule has 34 nitrogen and oxygen atoms in total. The number of ether oxygens (including phenoxy) is 8. The molecule has 0 amide bonds. The number of aromatic nitrogens is 12. The van der Waals surface area contributed by atoms with E-state index in [1.165, 1.54) is 55.9 Å². The van der Waals surface area contributed by atoms with Gasteiger partial charge in [-0.25, -0.2) is 52.6 Å². The Balaban J connectivity index is 0.000000135. The molecule has 4 aliphatic heterocycles. The van der Waals surface area contributed by atoms with Gasteiger partial charge in [-0.2, -0.15) is 72.6 Å². The lowest BCUT2D eigenvalue weighted by molar-refractivity contribution is -0.159. The summed E-state index contributed by atoms with van der Waals surface area (Å²) < 4.78 is 234.